The Balaban J connectivity index is 1.41. The fraction of sp³-hybridized carbons (Fsp3) is 0.273. The SMILES string of the molecule is Cc1cccc(N2C[C@@H](C(=O)Nc3nnc(Cc4ccccc4)s3)CC2=O)c1C. The zero-order valence-corrected chi connectivity index (χ0v) is 17.2. The van der Waals surface area contributed by atoms with Crippen molar-refractivity contribution in [3.63, 3.8) is 0 Å². The highest BCUT2D eigenvalue weighted by Gasteiger charge is 2.36. The van der Waals surface area contributed by atoms with Crippen molar-refractivity contribution in [3.8, 4) is 0 Å². The van der Waals surface area contributed by atoms with Crippen LogP contribution in [0.1, 0.15) is 28.1 Å². The monoisotopic (exact) mass is 406 g/mol. The van der Waals surface area contributed by atoms with Gasteiger partial charge in [-0.1, -0.05) is 53.8 Å². The van der Waals surface area contributed by atoms with Crippen LogP contribution < -0.4 is 10.2 Å². The summed E-state index contributed by atoms with van der Waals surface area (Å²) < 4.78 is 0. The molecule has 29 heavy (non-hydrogen) atoms. The Morgan fingerprint density at radius 1 is 1.14 bits per heavy atom. The van der Waals surface area contributed by atoms with Gasteiger partial charge in [0.25, 0.3) is 0 Å². The molecule has 0 radical (unpaired) electrons. The van der Waals surface area contributed by atoms with Crippen LogP contribution in [0.3, 0.4) is 0 Å². The van der Waals surface area contributed by atoms with Crippen molar-refractivity contribution in [3.05, 3.63) is 70.2 Å². The maximum Gasteiger partial charge on any atom is 0.231 e. The lowest BCUT2D eigenvalue weighted by Gasteiger charge is -2.20. The maximum absolute atomic E-state index is 12.7. The Morgan fingerprint density at radius 3 is 2.72 bits per heavy atom. The van der Waals surface area contributed by atoms with Gasteiger partial charge in [0.15, 0.2) is 0 Å². The van der Waals surface area contributed by atoms with Crippen molar-refractivity contribution in [2.75, 3.05) is 16.8 Å². The van der Waals surface area contributed by atoms with Crippen molar-refractivity contribution >= 4 is 34.0 Å². The summed E-state index contributed by atoms with van der Waals surface area (Å²) in [5.41, 5.74) is 4.22. The average molecular weight is 407 g/mol. The van der Waals surface area contributed by atoms with Gasteiger partial charge in [0.2, 0.25) is 16.9 Å². The Labute approximate surface area is 173 Å². The van der Waals surface area contributed by atoms with Crippen molar-refractivity contribution in [2.45, 2.75) is 26.7 Å². The fourth-order valence-electron chi connectivity index (χ4n) is 3.50. The summed E-state index contributed by atoms with van der Waals surface area (Å²) >= 11 is 1.36. The zero-order chi connectivity index (χ0) is 20.4. The van der Waals surface area contributed by atoms with E-state index in [0.29, 0.717) is 18.1 Å². The molecule has 0 unspecified atom stereocenters. The predicted octanol–water partition coefficient (Wildman–Crippen LogP) is 3.74. The molecule has 0 saturated carbocycles. The number of amides is 2. The quantitative estimate of drug-likeness (QED) is 0.700. The van der Waals surface area contributed by atoms with E-state index in [1.807, 2.05) is 62.4 Å². The molecule has 1 fully saturated rings. The molecule has 4 rings (SSSR count). The normalized spacial score (nSPS) is 16.3. The molecule has 1 aliphatic rings. The van der Waals surface area contributed by atoms with Crippen LogP contribution in [0.5, 0.6) is 0 Å². The second-order valence-electron chi connectivity index (χ2n) is 7.28. The summed E-state index contributed by atoms with van der Waals surface area (Å²) in [5.74, 6) is -0.613. The third kappa shape index (κ3) is 4.19. The number of carbonyl (C=O) groups is 2. The number of benzene rings is 2. The number of aryl methyl sites for hydroxylation is 1. The van der Waals surface area contributed by atoms with Crippen LogP contribution in [0.15, 0.2) is 48.5 Å². The van der Waals surface area contributed by atoms with Crippen molar-refractivity contribution in [2.24, 2.45) is 5.92 Å². The van der Waals surface area contributed by atoms with E-state index in [1.54, 1.807) is 4.90 Å². The number of carbonyl (C=O) groups excluding carboxylic acids is 2. The topological polar surface area (TPSA) is 75.2 Å². The lowest BCUT2D eigenvalue weighted by molar-refractivity contribution is -0.122. The highest BCUT2D eigenvalue weighted by atomic mass is 32.1. The molecule has 2 heterocycles. The van der Waals surface area contributed by atoms with Crippen LogP contribution in [0.25, 0.3) is 0 Å². The standard InChI is InChI=1S/C22H22N4O2S/c1-14-7-6-10-18(15(14)2)26-13-17(12-20(26)27)21(28)23-22-25-24-19(29-22)11-16-8-4-3-5-9-16/h3-10,17H,11-13H2,1-2H3,(H,23,25,28)/t17-/m0/s1. The first-order chi connectivity index (χ1) is 14.0. The molecule has 148 valence electrons. The van der Waals surface area contributed by atoms with Crippen molar-refractivity contribution in [1.29, 1.82) is 0 Å². The third-order valence-electron chi connectivity index (χ3n) is 5.26. The number of hydrogen-bond donors (Lipinski definition) is 1. The van der Waals surface area contributed by atoms with E-state index in [9.17, 15) is 9.59 Å². The average Bonchev–Trinajstić information content (AvgIpc) is 3.31. The van der Waals surface area contributed by atoms with Crippen LogP contribution in [0, 0.1) is 19.8 Å². The number of hydrogen-bond acceptors (Lipinski definition) is 5. The molecule has 0 aliphatic carbocycles. The van der Waals surface area contributed by atoms with Crippen LogP contribution in [0.2, 0.25) is 0 Å². The van der Waals surface area contributed by atoms with Crippen LogP contribution in [-0.4, -0.2) is 28.6 Å². The Morgan fingerprint density at radius 2 is 1.93 bits per heavy atom. The lowest BCUT2D eigenvalue weighted by Crippen LogP contribution is -2.28. The van der Waals surface area contributed by atoms with E-state index in [0.717, 1.165) is 27.4 Å². The number of nitrogens with one attached hydrogen (secondary N) is 1. The van der Waals surface area contributed by atoms with Gasteiger partial charge in [-0.25, -0.2) is 0 Å². The molecule has 6 nitrogen and oxygen atoms in total. The minimum Gasteiger partial charge on any atom is -0.311 e. The predicted molar refractivity (Wildman–Crippen MR) is 114 cm³/mol. The molecule has 1 N–H and O–H groups in total. The first-order valence-corrected chi connectivity index (χ1v) is 10.4. The summed E-state index contributed by atoms with van der Waals surface area (Å²) in [6, 6.07) is 15.9. The molecule has 7 heteroatoms. The van der Waals surface area contributed by atoms with E-state index < -0.39 is 5.92 Å². The van der Waals surface area contributed by atoms with E-state index in [4.69, 9.17) is 0 Å². The summed E-state index contributed by atoms with van der Waals surface area (Å²) in [6.45, 7) is 4.40. The molecule has 1 atom stereocenters. The Hall–Kier alpha value is -3.06. The second-order valence-corrected chi connectivity index (χ2v) is 8.34. The molecule has 1 aliphatic heterocycles. The lowest BCUT2D eigenvalue weighted by atomic mass is 10.1. The largest absolute Gasteiger partial charge is 0.311 e. The summed E-state index contributed by atoms with van der Waals surface area (Å²) in [7, 11) is 0. The first-order valence-electron chi connectivity index (χ1n) is 9.55. The summed E-state index contributed by atoms with van der Waals surface area (Å²) in [4.78, 5) is 27.0. The molecule has 0 spiro atoms. The van der Waals surface area contributed by atoms with Gasteiger partial charge in [-0.2, -0.15) is 0 Å². The minimum atomic E-state index is -0.399. The minimum absolute atomic E-state index is 0.0270. The van der Waals surface area contributed by atoms with Gasteiger partial charge < -0.3 is 10.2 Å². The van der Waals surface area contributed by atoms with Gasteiger partial charge in [-0.15, -0.1) is 10.2 Å². The molecule has 0 bridgehead atoms. The van der Waals surface area contributed by atoms with Gasteiger partial charge >= 0.3 is 0 Å². The number of aromatic nitrogens is 2. The van der Waals surface area contributed by atoms with E-state index in [1.165, 1.54) is 11.3 Å². The van der Waals surface area contributed by atoms with E-state index in [2.05, 4.69) is 15.5 Å². The fourth-order valence-corrected chi connectivity index (χ4v) is 4.27. The van der Waals surface area contributed by atoms with Crippen LogP contribution in [-0.2, 0) is 16.0 Å². The molecule has 2 aromatic carbocycles. The van der Waals surface area contributed by atoms with Crippen molar-refractivity contribution < 1.29 is 9.59 Å². The Bertz CT molecular complexity index is 1050. The molecule has 1 saturated heterocycles. The van der Waals surface area contributed by atoms with Crippen LogP contribution in [0.4, 0.5) is 10.8 Å². The summed E-state index contributed by atoms with van der Waals surface area (Å²) in [5, 5.41) is 12.4. The molecule has 1 aromatic heterocycles. The molecule has 3 aromatic rings. The molecule has 2 amide bonds. The molecular weight excluding hydrogens is 384 g/mol. The third-order valence-corrected chi connectivity index (χ3v) is 6.10. The first kappa shape index (κ1) is 19.3. The number of anilines is 2. The zero-order valence-electron chi connectivity index (χ0n) is 16.4. The van der Waals surface area contributed by atoms with Gasteiger partial charge in [-0.05, 0) is 36.6 Å². The van der Waals surface area contributed by atoms with Gasteiger partial charge in [0.1, 0.15) is 5.01 Å². The number of nitrogens with zero attached hydrogens (tertiary/aromatic N) is 3. The van der Waals surface area contributed by atoms with E-state index >= 15 is 0 Å². The molecular formula is C22H22N4O2S. The number of rotatable bonds is 5. The highest BCUT2D eigenvalue weighted by molar-refractivity contribution is 7.15. The summed E-state index contributed by atoms with van der Waals surface area (Å²) in [6.07, 6.45) is 0.881. The Kier molecular flexibility index (Phi) is 5.40. The van der Waals surface area contributed by atoms with Gasteiger partial charge in [0, 0.05) is 25.1 Å². The van der Waals surface area contributed by atoms with Gasteiger partial charge in [-0.3, -0.25) is 9.59 Å². The maximum atomic E-state index is 12.7. The van der Waals surface area contributed by atoms with Crippen LogP contribution >= 0.6 is 11.3 Å². The second kappa shape index (κ2) is 8.13. The van der Waals surface area contributed by atoms with Crippen molar-refractivity contribution in [1.82, 2.24) is 10.2 Å². The smallest absolute Gasteiger partial charge is 0.231 e. The van der Waals surface area contributed by atoms with Gasteiger partial charge in [0.05, 0.1) is 5.92 Å². The highest BCUT2D eigenvalue weighted by Crippen LogP contribution is 2.30. The van der Waals surface area contributed by atoms with E-state index in [-0.39, 0.29) is 18.2 Å².